The fraction of sp³-hybridized carbons (Fsp3) is 0.692. The largest absolute Gasteiger partial charge is 0.345 e. The van der Waals surface area contributed by atoms with E-state index in [1.807, 2.05) is 22.7 Å². The van der Waals surface area contributed by atoms with Gasteiger partial charge < -0.3 is 14.8 Å². The summed E-state index contributed by atoms with van der Waals surface area (Å²) in [7, 11) is 1.91. The first-order valence-corrected chi connectivity index (χ1v) is 6.66. The summed E-state index contributed by atoms with van der Waals surface area (Å²) < 4.78 is 1.94. The Kier molecular flexibility index (Phi) is 4.75. The van der Waals surface area contributed by atoms with Crippen molar-refractivity contribution in [3.8, 4) is 0 Å². The Balaban J connectivity index is 1.70. The summed E-state index contributed by atoms with van der Waals surface area (Å²) in [5, 5.41) is 3.38. The van der Waals surface area contributed by atoms with E-state index in [2.05, 4.69) is 10.3 Å². The van der Waals surface area contributed by atoms with Crippen LogP contribution >= 0.6 is 0 Å². The van der Waals surface area contributed by atoms with E-state index < -0.39 is 0 Å². The molecule has 1 N–H and O–H groups in total. The first-order chi connectivity index (χ1) is 8.75. The third-order valence-electron chi connectivity index (χ3n) is 3.50. The van der Waals surface area contributed by atoms with Crippen molar-refractivity contribution in [2.24, 2.45) is 5.92 Å². The Morgan fingerprint density at radius 3 is 3.17 bits per heavy atom. The van der Waals surface area contributed by atoms with E-state index >= 15 is 0 Å². The lowest BCUT2D eigenvalue weighted by atomic mass is 9.99. The predicted octanol–water partition coefficient (Wildman–Crippen LogP) is 0.731. The maximum Gasteiger partial charge on any atom is 0.224 e. The molecule has 5 nitrogen and oxygen atoms in total. The predicted molar refractivity (Wildman–Crippen MR) is 70.1 cm³/mol. The summed E-state index contributed by atoms with van der Waals surface area (Å²) in [5.41, 5.74) is 0. The average Bonchev–Trinajstić information content (AvgIpc) is 2.90. The molecule has 1 aromatic heterocycles. The third-order valence-corrected chi connectivity index (χ3v) is 3.50. The van der Waals surface area contributed by atoms with Gasteiger partial charge in [-0.3, -0.25) is 4.79 Å². The smallest absolute Gasteiger partial charge is 0.224 e. The minimum absolute atomic E-state index is 0.217. The normalized spacial score (nSPS) is 19.7. The van der Waals surface area contributed by atoms with Crippen LogP contribution in [-0.2, 0) is 11.3 Å². The van der Waals surface area contributed by atoms with Crippen LogP contribution in [-0.4, -0.2) is 47.0 Å². The highest BCUT2D eigenvalue weighted by Gasteiger charge is 2.17. The molecule has 0 spiro atoms. The van der Waals surface area contributed by atoms with Gasteiger partial charge in [0.1, 0.15) is 0 Å². The lowest BCUT2D eigenvalue weighted by Crippen LogP contribution is -2.39. The molecule has 1 unspecified atom stereocenters. The highest BCUT2D eigenvalue weighted by Crippen LogP contribution is 2.11. The van der Waals surface area contributed by atoms with E-state index in [4.69, 9.17) is 0 Å². The average molecular weight is 250 g/mol. The zero-order chi connectivity index (χ0) is 12.8. The number of rotatable bonds is 5. The second-order valence-electron chi connectivity index (χ2n) is 5.04. The molecule has 1 atom stereocenters. The van der Waals surface area contributed by atoms with Gasteiger partial charge in [-0.1, -0.05) is 0 Å². The second-order valence-corrected chi connectivity index (χ2v) is 5.04. The lowest BCUT2D eigenvalue weighted by molar-refractivity contribution is -0.130. The molecule has 0 aliphatic carbocycles. The molecular formula is C13H22N4O. The monoisotopic (exact) mass is 250 g/mol. The van der Waals surface area contributed by atoms with Crippen LogP contribution in [0.3, 0.4) is 0 Å². The van der Waals surface area contributed by atoms with Crippen molar-refractivity contribution in [2.45, 2.75) is 25.8 Å². The molecular weight excluding hydrogens is 228 g/mol. The summed E-state index contributed by atoms with van der Waals surface area (Å²) >= 11 is 0. The molecule has 18 heavy (non-hydrogen) atoms. The standard InChI is InChI=1S/C13H22N4O/c1-16(10-12-3-2-5-14-9-12)13(18)4-7-17-8-6-15-11-17/h6,8,11-12,14H,2-5,7,9-10H2,1H3. The number of imidazole rings is 1. The molecule has 0 radical (unpaired) electrons. The fourth-order valence-electron chi connectivity index (χ4n) is 2.40. The highest BCUT2D eigenvalue weighted by atomic mass is 16.2. The van der Waals surface area contributed by atoms with Crippen molar-refractivity contribution in [3.63, 3.8) is 0 Å². The van der Waals surface area contributed by atoms with Gasteiger partial charge >= 0.3 is 0 Å². The van der Waals surface area contributed by atoms with Gasteiger partial charge in [-0.15, -0.1) is 0 Å². The number of nitrogens with zero attached hydrogens (tertiary/aromatic N) is 3. The SMILES string of the molecule is CN(CC1CCCNC1)C(=O)CCn1ccnc1. The van der Waals surface area contributed by atoms with E-state index in [0.29, 0.717) is 18.9 Å². The second kappa shape index (κ2) is 6.54. The Morgan fingerprint density at radius 1 is 1.61 bits per heavy atom. The summed E-state index contributed by atoms with van der Waals surface area (Å²) in [4.78, 5) is 17.8. The quantitative estimate of drug-likeness (QED) is 0.838. The van der Waals surface area contributed by atoms with Gasteiger partial charge in [-0.05, 0) is 31.8 Å². The van der Waals surface area contributed by atoms with E-state index in [9.17, 15) is 4.79 Å². The van der Waals surface area contributed by atoms with Crippen LogP contribution in [0.2, 0.25) is 0 Å². The van der Waals surface area contributed by atoms with Crippen LogP contribution < -0.4 is 5.32 Å². The first-order valence-electron chi connectivity index (χ1n) is 6.66. The van der Waals surface area contributed by atoms with Gasteiger partial charge in [0.25, 0.3) is 0 Å². The van der Waals surface area contributed by atoms with Gasteiger partial charge in [0, 0.05) is 39.0 Å². The molecule has 2 heterocycles. The van der Waals surface area contributed by atoms with Gasteiger partial charge in [-0.2, -0.15) is 0 Å². The zero-order valence-electron chi connectivity index (χ0n) is 11.0. The summed E-state index contributed by atoms with van der Waals surface area (Å²) in [6.07, 6.45) is 8.37. The number of carbonyl (C=O) groups is 1. The number of carbonyl (C=O) groups excluding carboxylic acids is 1. The Morgan fingerprint density at radius 2 is 2.50 bits per heavy atom. The molecule has 1 aliphatic rings. The molecule has 1 aliphatic heterocycles. The number of nitrogens with one attached hydrogen (secondary N) is 1. The van der Waals surface area contributed by atoms with Gasteiger partial charge in [0.15, 0.2) is 0 Å². The minimum Gasteiger partial charge on any atom is -0.345 e. The van der Waals surface area contributed by atoms with Crippen molar-refractivity contribution < 1.29 is 4.79 Å². The third kappa shape index (κ3) is 3.84. The molecule has 0 aromatic carbocycles. The Bertz CT molecular complexity index is 357. The number of piperidine rings is 1. The molecule has 1 saturated heterocycles. The maximum atomic E-state index is 12.0. The van der Waals surface area contributed by atoms with Crippen molar-refractivity contribution >= 4 is 5.91 Å². The van der Waals surface area contributed by atoms with Crippen LogP contribution in [0.1, 0.15) is 19.3 Å². The topological polar surface area (TPSA) is 50.2 Å². The Labute approximate surface area is 108 Å². The van der Waals surface area contributed by atoms with Crippen molar-refractivity contribution in [2.75, 3.05) is 26.7 Å². The summed E-state index contributed by atoms with van der Waals surface area (Å²) in [6.45, 7) is 3.75. The van der Waals surface area contributed by atoms with Gasteiger partial charge in [-0.25, -0.2) is 4.98 Å². The highest BCUT2D eigenvalue weighted by molar-refractivity contribution is 5.75. The van der Waals surface area contributed by atoms with Crippen molar-refractivity contribution in [3.05, 3.63) is 18.7 Å². The van der Waals surface area contributed by atoms with Crippen LogP contribution in [0, 0.1) is 5.92 Å². The number of hydrogen-bond acceptors (Lipinski definition) is 3. The van der Waals surface area contributed by atoms with Crippen molar-refractivity contribution in [1.29, 1.82) is 0 Å². The lowest BCUT2D eigenvalue weighted by Gasteiger charge is -2.27. The van der Waals surface area contributed by atoms with Crippen LogP contribution in [0.15, 0.2) is 18.7 Å². The van der Waals surface area contributed by atoms with E-state index in [-0.39, 0.29) is 5.91 Å². The molecule has 1 fully saturated rings. The first kappa shape index (κ1) is 13.1. The molecule has 0 bridgehead atoms. The maximum absolute atomic E-state index is 12.0. The molecule has 100 valence electrons. The molecule has 5 heteroatoms. The minimum atomic E-state index is 0.217. The fourth-order valence-corrected chi connectivity index (χ4v) is 2.40. The number of amides is 1. The summed E-state index contributed by atoms with van der Waals surface area (Å²) in [6, 6.07) is 0. The van der Waals surface area contributed by atoms with E-state index in [1.165, 1.54) is 12.8 Å². The van der Waals surface area contributed by atoms with Gasteiger partial charge in [0.05, 0.1) is 6.33 Å². The molecule has 1 amide bonds. The van der Waals surface area contributed by atoms with Crippen LogP contribution in [0.5, 0.6) is 0 Å². The molecule has 1 aromatic rings. The van der Waals surface area contributed by atoms with Gasteiger partial charge in [0.2, 0.25) is 5.91 Å². The molecule has 2 rings (SSSR count). The van der Waals surface area contributed by atoms with Crippen molar-refractivity contribution in [1.82, 2.24) is 19.8 Å². The molecule has 0 saturated carbocycles. The number of hydrogen-bond donors (Lipinski definition) is 1. The van der Waals surface area contributed by atoms with E-state index in [0.717, 1.165) is 19.6 Å². The summed E-state index contributed by atoms with van der Waals surface area (Å²) in [5.74, 6) is 0.829. The van der Waals surface area contributed by atoms with Crippen LogP contribution in [0.4, 0.5) is 0 Å². The van der Waals surface area contributed by atoms with E-state index in [1.54, 1.807) is 12.5 Å². The Hall–Kier alpha value is -1.36. The number of aromatic nitrogens is 2. The number of aryl methyl sites for hydroxylation is 1. The van der Waals surface area contributed by atoms with Crippen LogP contribution in [0.25, 0.3) is 0 Å². The zero-order valence-corrected chi connectivity index (χ0v) is 11.0.